The van der Waals surface area contributed by atoms with Crippen LogP contribution in [-0.4, -0.2) is 28.0 Å². The lowest BCUT2D eigenvalue weighted by molar-refractivity contribution is -0.120. The number of aryl methyl sites for hydroxylation is 1. The summed E-state index contributed by atoms with van der Waals surface area (Å²) in [5.74, 6) is 0.638. The Kier molecular flexibility index (Phi) is 7.99. The van der Waals surface area contributed by atoms with Gasteiger partial charge in [0, 0.05) is 0 Å². The van der Waals surface area contributed by atoms with Crippen LogP contribution in [0.25, 0.3) is 0 Å². The Morgan fingerprint density at radius 2 is 1.44 bits per heavy atom. The highest BCUT2D eigenvalue weighted by Crippen LogP contribution is 2.26. The summed E-state index contributed by atoms with van der Waals surface area (Å²) in [7, 11) is -2.36. The zero-order valence-corrected chi connectivity index (χ0v) is 21.1. The number of rotatable bonds is 9. The molecule has 0 aromatic heterocycles. The Balaban J connectivity index is 1.88. The summed E-state index contributed by atoms with van der Waals surface area (Å²) in [5.41, 5.74) is 3.38. The van der Waals surface area contributed by atoms with Crippen molar-refractivity contribution < 1.29 is 17.9 Å². The van der Waals surface area contributed by atoms with Crippen molar-refractivity contribution in [2.75, 3.05) is 18.0 Å². The van der Waals surface area contributed by atoms with E-state index in [4.69, 9.17) is 4.74 Å². The molecule has 0 saturated carbocycles. The summed E-state index contributed by atoms with van der Waals surface area (Å²) in [6.45, 7) is 7.56. The summed E-state index contributed by atoms with van der Waals surface area (Å²) in [4.78, 5) is 13.1. The first-order valence-electron chi connectivity index (χ1n) is 11.2. The Labute approximate surface area is 202 Å². The third-order valence-corrected chi connectivity index (χ3v) is 7.53. The van der Waals surface area contributed by atoms with Crippen molar-refractivity contribution in [3.63, 3.8) is 0 Å². The van der Waals surface area contributed by atoms with E-state index in [0.717, 1.165) is 26.7 Å². The second-order valence-electron chi connectivity index (χ2n) is 8.63. The monoisotopic (exact) mass is 480 g/mol. The maximum Gasteiger partial charge on any atom is 0.264 e. The van der Waals surface area contributed by atoms with Crippen LogP contribution in [0.4, 0.5) is 5.69 Å². The minimum atomic E-state index is -3.95. The second-order valence-corrected chi connectivity index (χ2v) is 10.5. The van der Waals surface area contributed by atoms with Gasteiger partial charge in [0.05, 0.1) is 23.7 Å². The molecule has 0 bridgehead atoms. The fourth-order valence-electron chi connectivity index (χ4n) is 3.57. The van der Waals surface area contributed by atoms with Crippen LogP contribution in [-0.2, 0) is 14.8 Å². The molecule has 1 amide bonds. The lowest BCUT2D eigenvalue weighted by atomic mass is 10.0. The van der Waals surface area contributed by atoms with Crippen LogP contribution < -0.4 is 14.4 Å². The fourth-order valence-corrected chi connectivity index (χ4v) is 4.99. The molecule has 3 rings (SSSR count). The number of carbonyl (C=O) groups excluding carboxylic acids is 1. The first kappa shape index (κ1) is 25.3. The van der Waals surface area contributed by atoms with Gasteiger partial charge in [-0.05, 0) is 67.3 Å². The van der Waals surface area contributed by atoms with Crippen molar-refractivity contribution in [3.05, 3.63) is 89.5 Å². The molecule has 6 nitrogen and oxygen atoms in total. The molecule has 0 fully saturated rings. The topological polar surface area (TPSA) is 75.7 Å². The van der Waals surface area contributed by atoms with Gasteiger partial charge in [-0.15, -0.1) is 0 Å². The molecule has 180 valence electrons. The van der Waals surface area contributed by atoms with E-state index in [1.165, 1.54) is 0 Å². The molecule has 3 aromatic rings. The highest BCUT2D eigenvalue weighted by Gasteiger charge is 2.27. The van der Waals surface area contributed by atoms with Crippen LogP contribution >= 0.6 is 0 Å². The fraction of sp³-hybridized carbons (Fsp3) is 0.296. The third kappa shape index (κ3) is 5.97. The summed E-state index contributed by atoms with van der Waals surface area (Å²) in [6.07, 6.45) is 0. The lowest BCUT2D eigenvalue weighted by Crippen LogP contribution is -2.41. The van der Waals surface area contributed by atoms with Crippen LogP contribution in [0.15, 0.2) is 77.7 Å². The van der Waals surface area contributed by atoms with E-state index in [9.17, 15) is 13.2 Å². The van der Waals surface area contributed by atoms with Crippen molar-refractivity contribution in [3.8, 4) is 5.75 Å². The average molecular weight is 481 g/mol. The van der Waals surface area contributed by atoms with Gasteiger partial charge in [0.1, 0.15) is 12.3 Å². The van der Waals surface area contributed by atoms with Crippen LogP contribution in [0.2, 0.25) is 0 Å². The maximum atomic E-state index is 13.6. The number of hydrogen-bond acceptors (Lipinski definition) is 4. The third-order valence-electron chi connectivity index (χ3n) is 5.74. The van der Waals surface area contributed by atoms with Crippen molar-refractivity contribution in [2.45, 2.75) is 44.6 Å². The molecule has 3 aromatic carbocycles. The number of sulfonamides is 1. The van der Waals surface area contributed by atoms with E-state index in [-0.39, 0.29) is 17.5 Å². The van der Waals surface area contributed by atoms with E-state index >= 15 is 0 Å². The quantitative estimate of drug-likeness (QED) is 0.457. The Morgan fingerprint density at radius 3 is 1.97 bits per heavy atom. The van der Waals surface area contributed by atoms with E-state index in [2.05, 4.69) is 19.2 Å². The van der Waals surface area contributed by atoms with Gasteiger partial charge in [-0.25, -0.2) is 8.42 Å². The van der Waals surface area contributed by atoms with Crippen molar-refractivity contribution in [2.24, 2.45) is 0 Å². The number of ether oxygens (including phenoxy) is 1. The Morgan fingerprint density at radius 1 is 0.882 bits per heavy atom. The zero-order chi connectivity index (χ0) is 24.9. The molecule has 0 radical (unpaired) electrons. The number of hydrogen-bond donors (Lipinski definition) is 1. The normalized spacial score (nSPS) is 12.3. The molecule has 0 aliphatic carbocycles. The van der Waals surface area contributed by atoms with E-state index < -0.39 is 15.9 Å². The van der Waals surface area contributed by atoms with Gasteiger partial charge >= 0.3 is 0 Å². The number of anilines is 1. The van der Waals surface area contributed by atoms with Gasteiger partial charge in [-0.2, -0.15) is 0 Å². The number of nitrogens with one attached hydrogen (secondary N) is 1. The van der Waals surface area contributed by atoms with Gasteiger partial charge < -0.3 is 10.1 Å². The van der Waals surface area contributed by atoms with Gasteiger partial charge in [-0.3, -0.25) is 9.10 Å². The SMILES string of the molecule is COc1ccc([C@@H](C)NC(=O)CN(c2ccc(C(C)C)cc2)S(=O)(=O)c2ccc(C)cc2)cc1. The van der Waals surface area contributed by atoms with Crippen LogP contribution in [0.1, 0.15) is 49.4 Å². The van der Waals surface area contributed by atoms with Crippen molar-refractivity contribution in [1.29, 1.82) is 0 Å². The predicted molar refractivity (Wildman–Crippen MR) is 136 cm³/mol. The van der Waals surface area contributed by atoms with Crippen molar-refractivity contribution >= 4 is 21.6 Å². The molecule has 0 saturated heterocycles. The standard InChI is InChI=1S/C27H32N2O4S/c1-19(2)22-8-12-24(13-9-22)29(34(31,32)26-16-6-20(3)7-17-26)18-27(30)28-21(4)23-10-14-25(33-5)15-11-23/h6-17,19,21H,18H2,1-5H3,(H,28,30)/t21-/m1/s1. The second kappa shape index (κ2) is 10.7. The number of carbonyl (C=O) groups is 1. The summed E-state index contributed by atoms with van der Waals surface area (Å²) < 4.78 is 33.5. The molecular formula is C27H32N2O4S. The summed E-state index contributed by atoms with van der Waals surface area (Å²) >= 11 is 0. The average Bonchev–Trinajstić information content (AvgIpc) is 2.82. The van der Waals surface area contributed by atoms with Gasteiger partial charge in [-0.1, -0.05) is 55.8 Å². The minimum Gasteiger partial charge on any atom is -0.497 e. The van der Waals surface area contributed by atoms with Gasteiger partial charge in [0.2, 0.25) is 5.91 Å². The summed E-state index contributed by atoms with van der Waals surface area (Å²) in [5, 5.41) is 2.91. The molecule has 1 atom stereocenters. The van der Waals surface area contributed by atoms with Crippen LogP contribution in [0, 0.1) is 6.92 Å². The van der Waals surface area contributed by atoms with Gasteiger partial charge in [0.25, 0.3) is 10.0 Å². The predicted octanol–water partition coefficient (Wildman–Crippen LogP) is 5.20. The van der Waals surface area contributed by atoms with Crippen molar-refractivity contribution in [1.82, 2.24) is 5.32 Å². The number of amides is 1. The molecule has 34 heavy (non-hydrogen) atoms. The van der Waals surface area contributed by atoms with Gasteiger partial charge in [0.15, 0.2) is 0 Å². The van der Waals surface area contributed by atoms with Crippen LogP contribution in [0.5, 0.6) is 5.75 Å². The molecule has 0 heterocycles. The summed E-state index contributed by atoms with van der Waals surface area (Å²) in [6, 6.07) is 21.0. The molecule has 0 aliphatic heterocycles. The molecule has 7 heteroatoms. The smallest absolute Gasteiger partial charge is 0.264 e. The number of methoxy groups -OCH3 is 1. The van der Waals surface area contributed by atoms with E-state index in [1.807, 2.05) is 50.2 Å². The number of benzene rings is 3. The maximum absolute atomic E-state index is 13.6. The highest BCUT2D eigenvalue weighted by atomic mass is 32.2. The lowest BCUT2D eigenvalue weighted by Gasteiger charge is -2.25. The van der Waals surface area contributed by atoms with Crippen LogP contribution in [0.3, 0.4) is 0 Å². The zero-order valence-electron chi connectivity index (χ0n) is 20.3. The Bertz CT molecular complexity index is 1200. The van der Waals surface area contributed by atoms with E-state index in [1.54, 1.807) is 43.5 Å². The first-order valence-corrected chi connectivity index (χ1v) is 12.7. The largest absolute Gasteiger partial charge is 0.497 e. The first-order chi connectivity index (χ1) is 16.1. The Hall–Kier alpha value is -3.32. The van der Waals surface area contributed by atoms with E-state index in [0.29, 0.717) is 11.6 Å². The number of nitrogens with zero attached hydrogens (tertiary/aromatic N) is 1. The molecule has 0 unspecified atom stereocenters. The molecule has 0 aliphatic rings. The minimum absolute atomic E-state index is 0.141. The molecule has 0 spiro atoms. The molecule has 1 N–H and O–H groups in total. The highest BCUT2D eigenvalue weighted by molar-refractivity contribution is 7.92. The molecular weight excluding hydrogens is 448 g/mol.